The molecule has 1 amide bonds. The molecule has 0 aromatic heterocycles. The first-order chi connectivity index (χ1) is 12.1. The van der Waals surface area contributed by atoms with Crippen molar-refractivity contribution >= 4 is 17.3 Å². The maximum atomic E-state index is 13.7. The van der Waals surface area contributed by atoms with Gasteiger partial charge in [0.25, 0.3) is 0 Å². The molecule has 2 aromatic rings. The zero-order chi connectivity index (χ0) is 17.8. The van der Waals surface area contributed by atoms with Gasteiger partial charge in [-0.25, -0.2) is 8.78 Å². The highest BCUT2D eigenvalue weighted by molar-refractivity contribution is 5.94. The number of anilines is 2. The number of carbonyl (C=O) groups excluding carboxylic acids is 1. The molecule has 25 heavy (non-hydrogen) atoms. The molecule has 0 spiro atoms. The van der Waals surface area contributed by atoms with Crippen LogP contribution in [-0.4, -0.2) is 43.0 Å². The zero-order valence-corrected chi connectivity index (χ0v) is 14.1. The highest BCUT2D eigenvalue weighted by Gasteiger charge is 2.26. The summed E-state index contributed by atoms with van der Waals surface area (Å²) in [4.78, 5) is 16.7. The molecule has 1 aliphatic rings. The summed E-state index contributed by atoms with van der Waals surface area (Å²) in [7, 11) is 0. The van der Waals surface area contributed by atoms with Gasteiger partial charge in [0.2, 0.25) is 5.91 Å². The van der Waals surface area contributed by atoms with Crippen LogP contribution in [0.4, 0.5) is 20.2 Å². The predicted octanol–water partition coefficient (Wildman–Crippen LogP) is 3.11. The third kappa shape index (κ3) is 3.96. The minimum atomic E-state index is -0.769. The molecule has 1 aliphatic heterocycles. The van der Waals surface area contributed by atoms with Crippen molar-refractivity contribution < 1.29 is 13.6 Å². The Kier molecular flexibility index (Phi) is 5.28. The predicted molar refractivity (Wildman–Crippen MR) is 94.7 cm³/mol. The molecule has 0 unspecified atom stereocenters. The van der Waals surface area contributed by atoms with E-state index in [2.05, 4.69) is 22.3 Å². The number of nitrogens with one attached hydrogen (secondary N) is 1. The van der Waals surface area contributed by atoms with Crippen molar-refractivity contribution in [3.63, 3.8) is 0 Å². The molecule has 4 nitrogen and oxygen atoms in total. The fourth-order valence-corrected chi connectivity index (χ4v) is 3.02. The van der Waals surface area contributed by atoms with Gasteiger partial charge in [0.1, 0.15) is 17.3 Å². The molecule has 0 aliphatic carbocycles. The minimum absolute atomic E-state index is 0.387. The summed E-state index contributed by atoms with van der Waals surface area (Å²) < 4.78 is 27.4. The SMILES string of the molecule is C[C@H](C(=O)Nc1c(F)cccc1F)N1CCN(c2ccccc2)CC1. The molecule has 0 radical (unpaired) electrons. The summed E-state index contributed by atoms with van der Waals surface area (Å²) in [5.41, 5.74) is 0.773. The Morgan fingerprint density at radius 1 is 0.960 bits per heavy atom. The summed E-state index contributed by atoms with van der Waals surface area (Å²) in [6.45, 7) is 4.78. The molecule has 1 atom stereocenters. The number of carbonyl (C=O) groups is 1. The second kappa shape index (κ2) is 7.61. The van der Waals surface area contributed by atoms with Crippen LogP contribution in [0.5, 0.6) is 0 Å². The fraction of sp³-hybridized carbons (Fsp3) is 0.316. The molecule has 0 bridgehead atoms. The van der Waals surface area contributed by atoms with Gasteiger partial charge in [0.15, 0.2) is 0 Å². The first-order valence-electron chi connectivity index (χ1n) is 8.35. The van der Waals surface area contributed by atoms with Gasteiger partial charge < -0.3 is 10.2 Å². The van der Waals surface area contributed by atoms with Crippen LogP contribution in [0.1, 0.15) is 6.92 Å². The lowest BCUT2D eigenvalue weighted by atomic mass is 10.2. The van der Waals surface area contributed by atoms with E-state index in [0.717, 1.165) is 30.9 Å². The van der Waals surface area contributed by atoms with Crippen molar-refractivity contribution in [3.8, 4) is 0 Å². The number of amides is 1. The highest BCUT2D eigenvalue weighted by Crippen LogP contribution is 2.20. The van der Waals surface area contributed by atoms with Crippen molar-refractivity contribution in [2.75, 3.05) is 36.4 Å². The van der Waals surface area contributed by atoms with Crippen LogP contribution in [0.2, 0.25) is 0 Å². The molecule has 6 heteroatoms. The van der Waals surface area contributed by atoms with Crippen molar-refractivity contribution in [2.24, 2.45) is 0 Å². The van der Waals surface area contributed by atoms with Crippen LogP contribution in [0.25, 0.3) is 0 Å². The molecule has 1 heterocycles. The maximum Gasteiger partial charge on any atom is 0.241 e. The second-order valence-electron chi connectivity index (χ2n) is 6.12. The number of para-hydroxylation sites is 2. The molecule has 132 valence electrons. The van der Waals surface area contributed by atoms with Gasteiger partial charge >= 0.3 is 0 Å². The summed E-state index contributed by atoms with van der Waals surface area (Å²) in [5, 5.41) is 2.37. The highest BCUT2D eigenvalue weighted by atomic mass is 19.1. The largest absolute Gasteiger partial charge is 0.369 e. The Hall–Kier alpha value is -2.47. The first-order valence-corrected chi connectivity index (χ1v) is 8.35. The zero-order valence-electron chi connectivity index (χ0n) is 14.1. The first kappa shape index (κ1) is 17.4. The normalized spacial score (nSPS) is 16.5. The number of hydrogen-bond acceptors (Lipinski definition) is 3. The number of rotatable bonds is 4. The smallest absolute Gasteiger partial charge is 0.241 e. The van der Waals surface area contributed by atoms with Gasteiger partial charge in [-0.1, -0.05) is 24.3 Å². The van der Waals surface area contributed by atoms with E-state index in [1.807, 2.05) is 23.1 Å². The molecule has 1 fully saturated rings. The van der Waals surface area contributed by atoms with E-state index in [4.69, 9.17) is 0 Å². The van der Waals surface area contributed by atoms with Gasteiger partial charge in [0.05, 0.1) is 6.04 Å². The van der Waals surface area contributed by atoms with Gasteiger partial charge in [-0.15, -0.1) is 0 Å². The summed E-state index contributed by atoms with van der Waals surface area (Å²) in [5.74, 6) is -1.94. The number of hydrogen-bond donors (Lipinski definition) is 1. The summed E-state index contributed by atoms with van der Waals surface area (Å²) >= 11 is 0. The van der Waals surface area contributed by atoms with Gasteiger partial charge in [-0.05, 0) is 31.2 Å². The third-order valence-electron chi connectivity index (χ3n) is 4.57. The molecule has 2 aromatic carbocycles. The topological polar surface area (TPSA) is 35.6 Å². The Bertz CT molecular complexity index is 710. The van der Waals surface area contributed by atoms with Crippen LogP contribution < -0.4 is 10.2 Å². The minimum Gasteiger partial charge on any atom is -0.369 e. The standard InChI is InChI=1S/C19H21F2N3O/c1-14(19(25)22-18-16(20)8-5-9-17(18)21)23-10-12-24(13-11-23)15-6-3-2-4-7-15/h2-9,14H,10-13H2,1H3,(H,22,25)/t14-/m1/s1. The van der Waals surface area contributed by atoms with E-state index in [1.165, 1.54) is 6.07 Å². The van der Waals surface area contributed by atoms with Crippen LogP contribution in [0.3, 0.4) is 0 Å². The Morgan fingerprint density at radius 2 is 1.56 bits per heavy atom. The van der Waals surface area contributed by atoms with E-state index >= 15 is 0 Å². The monoisotopic (exact) mass is 345 g/mol. The summed E-state index contributed by atoms with van der Waals surface area (Å²) in [6.07, 6.45) is 0. The fourth-order valence-electron chi connectivity index (χ4n) is 3.02. The molecule has 1 N–H and O–H groups in total. The van der Waals surface area contributed by atoms with E-state index in [0.29, 0.717) is 13.1 Å². The van der Waals surface area contributed by atoms with Crippen LogP contribution >= 0.6 is 0 Å². The molecular weight excluding hydrogens is 324 g/mol. The molecule has 1 saturated heterocycles. The van der Waals surface area contributed by atoms with Gasteiger partial charge in [0, 0.05) is 31.9 Å². The molecule has 0 saturated carbocycles. The average Bonchev–Trinajstić information content (AvgIpc) is 2.65. The average molecular weight is 345 g/mol. The van der Waals surface area contributed by atoms with Crippen molar-refractivity contribution in [1.29, 1.82) is 0 Å². The Labute approximate surface area is 146 Å². The number of nitrogens with zero attached hydrogens (tertiary/aromatic N) is 2. The van der Waals surface area contributed by atoms with E-state index in [-0.39, 0.29) is 5.69 Å². The lowest BCUT2D eigenvalue weighted by Gasteiger charge is -2.38. The number of benzene rings is 2. The van der Waals surface area contributed by atoms with Gasteiger partial charge in [-0.2, -0.15) is 0 Å². The number of halogens is 2. The van der Waals surface area contributed by atoms with Gasteiger partial charge in [-0.3, -0.25) is 9.69 Å². The van der Waals surface area contributed by atoms with Crippen LogP contribution in [0.15, 0.2) is 48.5 Å². The number of piperazine rings is 1. The maximum absolute atomic E-state index is 13.7. The Morgan fingerprint density at radius 3 is 2.16 bits per heavy atom. The molecule has 3 rings (SSSR count). The van der Waals surface area contributed by atoms with E-state index in [9.17, 15) is 13.6 Å². The van der Waals surface area contributed by atoms with E-state index < -0.39 is 23.6 Å². The van der Waals surface area contributed by atoms with Crippen LogP contribution in [0, 0.1) is 11.6 Å². The molecular formula is C19H21F2N3O. The van der Waals surface area contributed by atoms with Crippen molar-refractivity contribution in [2.45, 2.75) is 13.0 Å². The quantitative estimate of drug-likeness (QED) is 0.925. The van der Waals surface area contributed by atoms with Crippen LogP contribution in [-0.2, 0) is 4.79 Å². The third-order valence-corrected chi connectivity index (χ3v) is 4.57. The Balaban J connectivity index is 1.59. The lowest BCUT2D eigenvalue weighted by Crippen LogP contribution is -2.52. The van der Waals surface area contributed by atoms with E-state index in [1.54, 1.807) is 6.92 Å². The summed E-state index contributed by atoms with van der Waals surface area (Å²) in [6, 6.07) is 13.2. The van der Waals surface area contributed by atoms with Crippen molar-refractivity contribution in [3.05, 3.63) is 60.2 Å². The van der Waals surface area contributed by atoms with Crippen molar-refractivity contribution in [1.82, 2.24) is 4.90 Å². The second-order valence-corrected chi connectivity index (χ2v) is 6.12. The lowest BCUT2D eigenvalue weighted by molar-refractivity contribution is -0.120.